The maximum atomic E-state index is 12.0. The van der Waals surface area contributed by atoms with Crippen LogP contribution in [-0.4, -0.2) is 59.5 Å². The summed E-state index contributed by atoms with van der Waals surface area (Å²) in [5.41, 5.74) is 0. The molecule has 1 aromatic rings. The Hall–Kier alpha value is -1.09. The topological polar surface area (TPSA) is 85.2 Å². The third kappa shape index (κ3) is 4.48. The van der Waals surface area contributed by atoms with Crippen molar-refractivity contribution in [1.82, 2.24) is 19.7 Å². The molecule has 20 heavy (non-hydrogen) atoms. The van der Waals surface area contributed by atoms with E-state index in [4.69, 9.17) is 0 Å². The molecule has 1 aromatic heterocycles. The lowest BCUT2D eigenvalue weighted by atomic mass is 10.1. The first-order valence-corrected chi connectivity index (χ1v) is 9.19. The van der Waals surface area contributed by atoms with Gasteiger partial charge < -0.3 is 4.90 Å². The lowest BCUT2D eigenvalue weighted by Crippen LogP contribution is -2.29. The normalized spacial score (nSPS) is 13.2. The molecule has 0 saturated carbocycles. The number of carbonyl (C=O) groups is 1. The molecule has 7 nitrogen and oxygen atoms in total. The van der Waals surface area contributed by atoms with E-state index < -0.39 is 9.84 Å². The Morgan fingerprint density at radius 3 is 2.50 bits per heavy atom. The molecule has 0 spiro atoms. The lowest BCUT2D eigenvalue weighted by Gasteiger charge is -2.10. The number of thioether (sulfide) groups is 1. The molecule has 1 heterocycles. The van der Waals surface area contributed by atoms with Gasteiger partial charge in [-0.2, -0.15) is 4.68 Å². The first-order valence-electron chi connectivity index (χ1n) is 6.14. The molecule has 0 radical (unpaired) electrons. The van der Waals surface area contributed by atoms with Crippen molar-refractivity contribution in [3.05, 3.63) is 5.82 Å². The van der Waals surface area contributed by atoms with E-state index in [9.17, 15) is 13.2 Å². The van der Waals surface area contributed by atoms with Crippen molar-refractivity contribution < 1.29 is 13.2 Å². The predicted octanol–water partition coefficient (Wildman–Crippen LogP) is 1.42. The largest absolute Gasteiger partial charge is 0.346 e. The summed E-state index contributed by atoms with van der Waals surface area (Å²) in [6.45, 7) is 3.97. The van der Waals surface area contributed by atoms with Crippen LogP contribution in [0.25, 0.3) is 0 Å². The Morgan fingerprint density at radius 2 is 2.05 bits per heavy atom. The number of rotatable bonds is 5. The zero-order valence-corrected chi connectivity index (χ0v) is 14.0. The van der Waals surface area contributed by atoms with Crippen molar-refractivity contribution in [3.63, 3.8) is 0 Å². The molecule has 0 aliphatic heterocycles. The van der Waals surface area contributed by atoms with Gasteiger partial charge in [-0.25, -0.2) is 18.2 Å². The summed E-state index contributed by atoms with van der Waals surface area (Å²) in [6.07, 6.45) is 1.99. The third-order valence-corrected chi connectivity index (χ3v) is 5.32. The van der Waals surface area contributed by atoms with Gasteiger partial charge in [-0.1, -0.05) is 25.6 Å². The smallest absolute Gasteiger partial charge is 0.329 e. The number of sulfone groups is 1. The van der Waals surface area contributed by atoms with Crippen LogP contribution < -0.4 is 0 Å². The minimum absolute atomic E-state index is 0.115. The lowest BCUT2D eigenvalue weighted by molar-refractivity contribution is 0.213. The fourth-order valence-electron chi connectivity index (χ4n) is 1.27. The predicted molar refractivity (Wildman–Crippen MR) is 78.8 cm³/mol. The molecule has 0 bridgehead atoms. The molecule has 1 unspecified atom stereocenters. The van der Waals surface area contributed by atoms with Gasteiger partial charge in [0.15, 0.2) is 20.8 Å². The van der Waals surface area contributed by atoms with Crippen LogP contribution in [0.5, 0.6) is 0 Å². The summed E-state index contributed by atoms with van der Waals surface area (Å²) >= 11 is 1.00. The van der Waals surface area contributed by atoms with E-state index >= 15 is 0 Å². The quantitative estimate of drug-likeness (QED) is 0.763. The number of hydrogen-bond acceptors (Lipinski definition) is 6. The first kappa shape index (κ1) is 17.0. The summed E-state index contributed by atoms with van der Waals surface area (Å²) in [5.74, 6) is 0.669. The van der Waals surface area contributed by atoms with Gasteiger partial charge in [0, 0.05) is 26.3 Å². The average Bonchev–Trinajstić information content (AvgIpc) is 2.77. The molecule has 0 aliphatic carbocycles. The number of hydrogen-bond donors (Lipinski definition) is 0. The first-order chi connectivity index (χ1) is 9.15. The van der Waals surface area contributed by atoms with Gasteiger partial charge in [0.2, 0.25) is 0 Å². The number of carbonyl (C=O) groups excluding carboxylic acids is 1. The van der Waals surface area contributed by atoms with Crippen molar-refractivity contribution in [1.29, 1.82) is 0 Å². The Morgan fingerprint density at radius 1 is 1.45 bits per heavy atom. The molecule has 9 heteroatoms. The Kier molecular flexibility index (Phi) is 5.58. The maximum absolute atomic E-state index is 12.0. The molecule has 0 N–H and O–H groups in total. The summed E-state index contributed by atoms with van der Waals surface area (Å²) in [5, 5.41) is 4.38. The molecule has 0 aromatic carbocycles. The highest BCUT2D eigenvalue weighted by Crippen LogP contribution is 2.22. The summed E-state index contributed by atoms with van der Waals surface area (Å²) in [7, 11) is 0.0735. The zero-order chi connectivity index (χ0) is 15.5. The molecule has 0 aliphatic rings. The van der Waals surface area contributed by atoms with Crippen LogP contribution >= 0.6 is 11.8 Å². The van der Waals surface area contributed by atoms with E-state index in [1.54, 1.807) is 14.1 Å². The van der Waals surface area contributed by atoms with Crippen LogP contribution in [0.15, 0.2) is 5.16 Å². The highest BCUT2D eigenvalue weighted by molar-refractivity contribution is 8.12. The Balaban J connectivity index is 3.12. The van der Waals surface area contributed by atoms with Gasteiger partial charge in [0.05, 0.1) is 0 Å². The van der Waals surface area contributed by atoms with E-state index in [0.29, 0.717) is 11.0 Å². The Bertz CT molecular complexity index is 580. The average molecular weight is 320 g/mol. The van der Waals surface area contributed by atoms with Crippen molar-refractivity contribution in [2.75, 3.05) is 25.4 Å². The van der Waals surface area contributed by atoms with Gasteiger partial charge in [0.25, 0.3) is 0 Å². The Labute approximate surface area is 123 Å². The van der Waals surface area contributed by atoms with E-state index in [2.05, 4.69) is 10.1 Å². The van der Waals surface area contributed by atoms with E-state index in [0.717, 1.165) is 29.1 Å². The highest BCUT2D eigenvalue weighted by Gasteiger charge is 2.21. The van der Waals surface area contributed by atoms with Crippen LogP contribution in [0.3, 0.4) is 0 Å². The molecular formula is C11H20N4O3S2. The minimum atomic E-state index is -3.14. The second kappa shape index (κ2) is 6.57. The van der Waals surface area contributed by atoms with E-state index in [1.165, 1.54) is 4.90 Å². The molecule has 0 saturated heterocycles. The number of amides is 1. The van der Waals surface area contributed by atoms with Crippen molar-refractivity contribution in [2.45, 2.75) is 31.3 Å². The number of aromatic nitrogens is 3. The highest BCUT2D eigenvalue weighted by atomic mass is 32.3. The third-order valence-electron chi connectivity index (χ3n) is 2.61. The molecule has 1 atom stereocenters. The maximum Gasteiger partial charge on any atom is 0.346 e. The van der Waals surface area contributed by atoms with Gasteiger partial charge in [-0.05, 0) is 6.42 Å². The standard InChI is InChI=1S/C11H20N4O3S2/c1-6-8(2)9-12-10(19-7-20(5,17)18)15(13-9)11(16)14(3)4/h8H,6-7H2,1-5H3. The zero-order valence-electron chi connectivity index (χ0n) is 12.3. The van der Waals surface area contributed by atoms with Crippen LogP contribution in [0.2, 0.25) is 0 Å². The molecule has 114 valence electrons. The SMILES string of the molecule is CCC(C)c1nc(SCS(C)(=O)=O)n(C(=O)N(C)C)n1. The van der Waals surface area contributed by atoms with Crippen molar-refractivity contribution in [3.8, 4) is 0 Å². The van der Waals surface area contributed by atoms with Crippen molar-refractivity contribution >= 4 is 27.6 Å². The second-order valence-corrected chi connectivity index (χ2v) is 8.29. The fraction of sp³-hybridized carbons (Fsp3) is 0.727. The van der Waals surface area contributed by atoms with Gasteiger partial charge in [0.1, 0.15) is 5.08 Å². The second-order valence-electron chi connectivity index (χ2n) is 4.84. The minimum Gasteiger partial charge on any atom is -0.329 e. The van der Waals surface area contributed by atoms with E-state index in [-0.39, 0.29) is 17.0 Å². The van der Waals surface area contributed by atoms with E-state index in [1.807, 2.05) is 13.8 Å². The van der Waals surface area contributed by atoms with Crippen LogP contribution in [0.1, 0.15) is 32.0 Å². The monoisotopic (exact) mass is 320 g/mol. The van der Waals surface area contributed by atoms with Gasteiger partial charge in [-0.15, -0.1) is 5.10 Å². The van der Waals surface area contributed by atoms with Crippen LogP contribution in [-0.2, 0) is 9.84 Å². The van der Waals surface area contributed by atoms with Gasteiger partial charge >= 0.3 is 6.03 Å². The summed E-state index contributed by atoms with van der Waals surface area (Å²) in [4.78, 5) is 17.7. The number of nitrogens with zero attached hydrogens (tertiary/aromatic N) is 4. The molecule has 1 rings (SSSR count). The van der Waals surface area contributed by atoms with Crippen LogP contribution in [0.4, 0.5) is 4.79 Å². The van der Waals surface area contributed by atoms with Crippen LogP contribution in [0, 0.1) is 0 Å². The molecule has 0 fully saturated rings. The molecular weight excluding hydrogens is 300 g/mol. The van der Waals surface area contributed by atoms with Gasteiger partial charge in [-0.3, -0.25) is 0 Å². The van der Waals surface area contributed by atoms with Crippen molar-refractivity contribution in [2.24, 2.45) is 0 Å². The fourth-order valence-corrected chi connectivity index (χ4v) is 2.95. The summed E-state index contributed by atoms with van der Waals surface area (Å²) in [6, 6.07) is -0.344. The summed E-state index contributed by atoms with van der Waals surface area (Å²) < 4.78 is 23.6. The molecule has 1 amide bonds.